The largest absolute Gasteiger partial charge is 0.480 e. The third kappa shape index (κ3) is 4.20. The molecule has 3 atom stereocenters. The number of hydrogen-bond donors (Lipinski definition) is 3. The maximum Gasteiger partial charge on any atom is 0.321 e. The SMILES string of the molecule is O=C(O)[C@H](Cc1ccc(Nc2nccc3ccncc23)cc1)NC1C(Br)C(=O)C12CCCCC2. The molecule has 3 N–H and O–H groups in total. The van der Waals surface area contributed by atoms with Crippen LogP contribution in [0.4, 0.5) is 11.5 Å². The van der Waals surface area contributed by atoms with Crippen LogP contribution in [-0.4, -0.2) is 43.7 Å². The summed E-state index contributed by atoms with van der Waals surface area (Å²) >= 11 is 3.50. The first-order valence-electron chi connectivity index (χ1n) is 11.7. The molecule has 2 unspecified atom stereocenters. The van der Waals surface area contributed by atoms with Crippen LogP contribution >= 0.6 is 15.9 Å². The molecular formula is C26H27BrN4O3. The van der Waals surface area contributed by atoms with E-state index in [9.17, 15) is 14.7 Å². The lowest BCUT2D eigenvalue weighted by atomic mass is 9.56. The van der Waals surface area contributed by atoms with Gasteiger partial charge < -0.3 is 10.4 Å². The first-order valence-corrected chi connectivity index (χ1v) is 12.6. The zero-order valence-corrected chi connectivity index (χ0v) is 20.3. The summed E-state index contributed by atoms with van der Waals surface area (Å²) in [6, 6.07) is 10.7. The van der Waals surface area contributed by atoms with Crippen molar-refractivity contribution in [2.24, 2.45) is 5.41 Å². The van der Waals surface area contributed by atoms with Crippen LogP contribution in [0, 0.1) is 5.41 Å². The predicted octanol–water partition coefficient (Wildman–Crippen LogP) is 4.62. The molecule has 1 spiro atoms. The minimum absolute atomic E-state index is 0.145. The second-order valence-electron chi connectivity index (χ2n) is 9.30. The number of nitrogens with one attached hydrogen (secondary N) is 2. The van der Waals surface area contributed by atoms with Crippen molar-refractivity contribution in [1.82, 2.24) is 15.3 Å². The van der Waals surface area contributed by atoms with Gasteiger partial charge in [-0.15, -0.1) is 0 Å². The monoisotopic (exact) mass is 522 g/mol. The quantitative estimate of drug-likeness (QED) is 0.388. The number of aliphatic carboxylic acids is 1. The van der Waals surface area contributed by atoms with E-state index in [-0.39, 0.29) is 16.7 Å². The van der Waals surface area contributed by atoms with E-state index in [4.69, 9.17) is 0 Å². The summed E-state index contributed by atoms with van der Waals surface area (Å²) in [5.41, 5.74) is 1.36. The van der Waals surface area contributed by atoms with Gasteiger partial charge in [-0.2, -0.15) is 0 Å². The zero-order chi connectivity index (χ0) is 23.7. The zero-order valence-electron chi connectivity index (χ0n) is 18.7. The summed E-state index contributed by atoms with van der Waals surface area (Å²) < 4.78 is 0. The number of carboxylic acid groups (broad SMARTS) is 1. The van der Waals surface area contributed by atoms with E-state index in [1.165, 1.54) is 0 Å². The van der Waals surface area contributed by atoms with Crippen molar-refractivity contribution in [1.29, 1.82) is 0 Å². The van der Waals surface area contributed by atoms with Crippen molar-refractivity contribution >= 4 is 50.0 Å². The Kier molecular flexibility index (Phi) is 6.36. The Labute approximate surface area is 206 Å². The minimum Gasteiger partial charge on any atom is -0.480 e. The number of anilines is 2. The molecule has 3 aromatic rings. The Morgan fingerprint density at radius 3 is 2.59 bits per heavy atom. The van der Waals surface area contributed by atoms with E-state index in [1.54, 1.807) is 18.6 Å². The second kappa shape index (κ2) is 9.43. The molecule has 0 bridgehead atoms. The Hall–Kier alpha value is -2.84. The number of fused-ring (bicyclic) bond motifs is 1. The van der Waals surface area contributed by atoms with Crippen LogP contribution in [0.2, 0.25) is 0 Å². The van der Waals surface area contributed by atoms with Gasteiger partial charge in [-0.1, -0.05) is 47.3 Å². The number of benzene rings is 1. The molecule has 1 aromatic carbocycles. The average molecular weight is 523 g/mol. The molecule has 34 heavy (non-hydrogen) atoms. The normalized spacial score (nSPS) is 22.3. The maximum absolute atomic E-state index is 12.7. The molecule has 176 valence electrons. The Bertz CT molecular complexity index is 1200. The lowest BCUT2D eigenvalue weighted by molar-refractivity contribution is -0.148. The minimum atomic E-state index is -0.903. The summed E-state index contributed by atoms with van der Waals surface area (Å²) in [5, 5.41) is 18.5. The van der Waals surface area contributed by atoms with Crippen molar-refractivity contribution in [3.63, 3.8) is 0 Å². The molecule has 5 rings (SSSR count). The summed E-state index contributed by atoms with van der Waals surface area (Å²) in [4.78, 5) is 33.1. The van der Waals surface area contributed by atoms with Gasteiger partial charge >= 0.3 is 5.97 Å². The molecule has 0 amide bonds. The number of rotatable bonds is 7. The lowest BCUT2D eigenvalue weighted by Crippen LogP contribution is -2.71. The molecule has 2 heterocycles. The Balaban J connectivity index is 1.28. The van der Waals surface area contributed by atoms with Gasteiger partial charge in [0.15, 0.2) is 5.78 Å². The van der Waals surface area contributed by atoms with Crippen LogP contribution in [-0.2, 0) is 16.0 Å². The molecule has 0 radical (unpaired) electrons. The highest BCUT2D eigenvalue weighted by molar-refractivity contribution is 9.10. The van der Waals surface area contributed by atoms with Gasteiger partial charge in [-0.05, 0) is 54.5 Å². The van der Waals surface area contributed by atoms with Crippen LogP contribution in [0.25, 0.3) is 10.8 Å². The summed E-state index contributed by atoms with van der Waals surface area (Å²) in [5.74, 6) is 0.0420. The van der Waals surface area contributed by atoms with Crippen LogP contribution < -0.4 is 10.6 Å². The van der Waals surface area contributed by atoms with E-state index in [2.05, 4.69) is 36.5 Å². The van der Waals surface area contributed by atoms with Gasteiger partial charge in [-0.3, -0.25) is 19.9 Å². The van der Waals surface area contributed by atoms with E-state index in [0.717, 1.165) is 59.9 Å². The van der Waals surface area contributed by atoms with E-state index < -0.39 is 17.4 Å². The van der Waals surface area contributed by atoms with E-state index >= 15 is 0 Å². The molecular weight excluding hydrogens is 496 g/mol. The number of alkyl halides is 1. The fourth-order valence-electron chi connectivity index (χ4n) is 5.39. The predicted molar refractivity (Wildman–Crippen MR) is 135 cm³/mol. The number of halogens is 1. The Morgan fingerprint density at radius 2 is 1.85 bits per heavy atom. The summed E-state index contributed by atoms with van der Waals surface area (Å²) in [6.45, 7) is 0. The number of Topliss-reactive ketones (excluding diaryl/α,β-unsaturated/α-hetero) is 1. The van der Waals surface area contributed by atoms with Crippen LogP contribution in [0.15, 0.2) is 55.0 Å². The maximum atomic E-state index is 12.7. The van der Waals surface area contributed by atoms with Gasteiger partial charge in [0.1, 0.15) is 11.9 Å². The molecule has 8 heteroatoms. The molecule has 0 aliphatic heterocycles. The standard InChI is InChI=1S/C26H27BrN4O3/c27-21-22(26(23(21)32)10-2-1-3-11-26)31-20(25(33)34)14-16-4-6-18(7-5-16)30-24-19-15-28-12-8-17(19)9-13-29-24/h4-9,12-13,15,20-22,31H,1-3,10-11,14H2,(H,29,30)(H,33,34)/t20-,21?,22?/m0/s1. The second-order valence-corrected chi connectivity index (χ2v) is 10.3. The number of aromatic nitrogens is 2. The first kappa shape index (κ1) is 22.9. The number of pyridine rings is 2. The van der Waals surface area contributed by atoms with Crippen molar-refractivity contribution in [2.45, 2.75) is 55.4 Å². The Morgan fingerprint density at radius 1 is 1.12 bits per heavy atom. The average Bonchev–Trinajstić information content (AvgIpc) is 2.87. The van der Waals surface area contributed by atoms with Gasteiger partial charge in [0.2, 0.25) is 0 Å². The van der Waals surface area contributed by atoms with Gasteiger partial charge in [-0.25, -0.2) is 4.98 Å². The molecule has 7 nitrogen and oxygen atoms in total. The number of carboxylic acids is 1. The van der Waals surface area contributed by atoms with Gasteiger partial charge in [0.05, 0.1) is 4.83 Å². The highest BCUT2D eigenvalue weighted by Gasteiger charge is 2.61. The fourth-order valence-corrected chi connectivity index (χ4v) is 6.50. The molecule has 2 aromatic heterocycles. The third-order valence-electron chi connectivity index (χ3n) is 7.28. The van der Waals surface area contributed by atoms with Crippen LogP contribution in [0.5, 0.6) is 0 Å². The summed E-state index contributed by atoms with van der Waals surface area (Å²) in [6.07, 6.45) is 10.5. The van der Waals surface area contributed by atoms with E-state index in [0.29, 0.717) is 6.42 Å². The fraction of sp³-hybridized carbons (Fsp3) is 0.385. The van der Waals surface area contributed by atoms with Crippen molar-refractivity contribution in [3.05, 3.63) is 60.6 Å². The first-order chi connectivity index (χ1) is 16.5. The number of nitrogens with zero attached hydrogens (tertiary/aromatic N) is 2. The topological polar surface area (TPSA) is 104 Å². The lowest BCUT2D eigenvalue weighted by Gasteiger charge is -2.54. The van der Waals surface area contributed by atoms with Crippen LogP contribution in [0.1, 0.15) is 37.7 Å². The van der Waals surface area contributed by atoms with Crippen molar-refractivity contribution < 1.29 is 14.7 Å². The highest BCUT2D eigenvalue weighted by Crippen LogP contribution is 2.51. The van der Waals surface area contributed by atoms with E-state index in [1.807, 2.05) is 36.4 Å². The highest BCUT2D eigenvalue weighted by atomic mass is 79.9. The number of ketones is 1. The third-order valence-corrected chi connectivity index (χ3v) is 8.22. The molecule has 2 aliphatic rings. The number of carbonyl (C=O) groups is 2. The summed E-state index contributed by atoms with van der Waals surface area (Å²) in [7, 11) is 0. The van der Waals surface area contributed by atoms with Gasteiger partial charge in [0.25, 0.3) is 0 Å². The molecule has 0 saturated heterocycles. The number of hydrogen-bond acceptors (Lipinski definition) is 6. The van der Waals surface area contributed by atoms with Crippen molar-refractivity contribution in [3.8, 4) is 0 Å². The van der Waals surface area contributed by atoms with Crippen LogP contribution in [0.3, 0.4) is 0 Å². The van der Waals surface area contributed by atoms with Gasteiger partial charge in [0, 0.05) is 41.1 Å². The number of carbonyl (C=O) groups excluding carboxylic acids is 1. The smallest absolute Gasteiger partial charge is 0.321 e. The molecule has 2 saturated carbocycles. The molecule has 2 fully saturated rings. The van der Waals surface area contributed by atoms with Crippen molar-refractivity contribution in [2.75, 3.05) is 5.32 Å². The molecule has 2 aliphatic carbocycles.